The minimum Gasteiger partial charge on any atom is -0.508 e. The summed E-state index contributed by atoms with van der Waals surface area (Å²) in [6.07, 6.45) is -10.2. The summed E-state index contributed by atoms with van der Waals surface area (Å²) < 4.78 is 0. The van der Waals surface area contributed by atoms with Crippen molar-refractivity contribution in [2.75, 3.05) is 13.1 Å². The highest BCUT2D eigenvalue weighted by molar-refractivity contribution is 5.98. The number of rotatable bonds is 20. The van der Waals surface area contributed by atoms with E-state index in [4.69, 9.17) is 5.73 Å². The lowest BCUT2D eigenvalue weighted by molar-refractivity contribution is -0.149. The molecular formula is C50H80N8O17. The summed E-state index contributed by atoms with van der Waals surface area (Å²) in [6.45, 7) is 6.76. The predicted octanol–water partition coefficient (Wildman–Crippen LogP) is -3.34. The topological polar surface area (TPSA) is 411 Å². The van der Waals surface area contributed by atoms with Crippen molar-refractivity contribution in [1.82, 2.24) is 36.4 Å². The Labute approximate surface area is 436 Å². The molecule has 16 N–H and O–H groups in total. The van der Waals surface area contributed by atoms with Gasteiger partial charge in [0, 0.05) is 32.4 Å². The van der Waals surface area contributed by atoms with Gasteiger partial charge in [0.15, 0.2) is 6.23 Å². The van der Waals surface area contributed by atoms with Crippen LogP contribution in [-0.2, 0) is 38.4 Å². The molecule has 3 fully saturated rings. The molecule has 75 heavy (non-hydrogen) atoms. The molecule has 16 atom stereocenters. The average molecular weight is 1070 g/mol. The van der Waals surface area contributed by atoms with E-state index in [9.17, 15) is 84.3 Å². The number of nitrogens with one attached hydrogen (secondary N) is 5. The number of unbranched alkanes of at least 4 members (excludes halogenated alkanes) is 5. The third-order valence-electron chi connectivity index (χ3n) is 14.3. The smallest absolute Gasteiger partial charge is 0.248 e. The largest absolute Gasteiger partial charge is 0.508 e. The zero-order chi connectivity index (χ0) is 55.8. The molecule has 1 aromatic carbocycles. The number of aromatic hydroxyl groups is 1. The van der Waals surface area contributed by atoms with Crippen LogP contribution in [0.15, 0.2) is 24.3 Å². The number of primary amides is 1. The minimum absolute atomic E-state index is 0.0795. The predicted molar refractivity (Wildman–Crippen MR) is 265 cm³/mol. The van der Waals surface area contributed by atoms with E-state index >= 15 is 0 Å². The van der Waals surface area contributed by atoms with Gasteiger partial charge in [-0.15, -0.1) is 0 Å². The number of nitrogens with zero attached hydrogens (tertiary/aromatic N) is 2. The van der Waals surface area contributed by atoms with Gasteiger partial charge in [0.25, 0.3) is 0 Å². The van der Waals surface area contributed by atoms with Gasteiger partial charge in [-0.05, 0) is 55.7 Å². The Bertz CT molecular complexity index is 2100. The highest BCUT2D eigenvalue weighted by atomic mass is 16.3. The Morgan fingerprint density at radius 1 is 0.720 bits per heavy atom. The van der Waals surface area contributed by atoms with Crippen molar-refractivity contribution in [1.29, 1.82) is 0 Å². The molecule has 0 spiro atoms. The third-order valence-corrected chi connectivity index (χ3v) is 14.3. The first-order valence-electron chi connectivity index (χ1n) is 26.0. The molecule has 1 aromatic rings. The van der Waals surface area contributed by atoms with Crippen LogP contribution in [0.3, 0.4) is 0 Å². The molecule has 3 unspecified atom stereocenters. The van der Waals surface area contributed by atoms with Crippen molar-refractivity contribution in [3.63, 3.8) is 0 Å². The number of aliphatic hydroxyl groups excluding tert-OH is 8. The summed E-state index contributed by atoms with van der Waals surface area (Å²) in [7, 11) is 0. The number of amides is 8. The maximum absolute atomic E-state index is 14.4. The first kappa shape index (κ1) is 62.0. The van der Waals surface area contributed by atoms with Crippen molar-refractivity contribution in [3.8, 4) is 5.75 Å². The van der Waals surface area contributed by atoms with Crippen molar-refractivity contribution in [2.24, 2.45) is 17.6 Å². The molecule has 25 heteroatoms. The number of carbonyl (C=O) groups is 8. The number of benzene rings is 1. The molecule has 0 radical (unpaired) electrons. The third kappa shape index (κ3) is 17.8. The molecule has 0 aliphatic carbocycles. The first-order valence-corrected chi connectivity index (χ1v) is 26.0. The van der Waals surface area contributed by atoms with E-state index in [1.54, 1.807) is 0 Å². The van der Waals surface area contributed by atoms with Gasteiger partial charge in [-0.25, -0.2) is 0 Å². The summed E-state index contributed by atoms with van der Waals surface area (Å²) in [4.78, 5) is 112. The summed E-state index contributed by atoms with van der Waals surface area (Å²) in [5.41, 5.74) is 5.21. The highest BCUT2D eigenvalue weighted by Gasteiger charge is 2.49. The quantitative estimate of drug-likeness (QED) is 0.0568. The van der Waals surface area contributed by atoms with Gasteiger partial charge in [-0.2, -0.15) is 0 Å². The van der Waals surface area contributed by atoms with Gasteiger partial charge in [0.1, 0.15) is 60.3 Å². The van der Waals surface area contributed by atoms with E-state index in [0.717, 1.165) is 74.6 Å². The Kier molecular flexibility index (Phi) is 24.1. The van der Waals surface area contributed by atoms with Crippen LogP contribution in [0, 0.1) is 11.8 Å². The SMILES string of the molecule is CCC(C)CC(C)CCCCCCCCC(=O)N[C@H]1C[C@@H](O)[C@@H](O)NC(=O)C2[C@@H](O)CCN2C(=O)[C@H]([C@H](O)CC(N)=O)NC(=O)[C@H]([C@H](O)[C@@H](O)c2ccc(O)cc2)NC(=O)[C@@H]2C[C@@H](O)CN2C(=O)[C@H]([C@@H](C)O)NC1=O. The molecule has 0 aromatic heterocycles. The van der Waals surface area contributed by atoms with Crippen LogP contribution in [-0.4, -0.2) is 195 Å². The average Bonchev–Trinajstić information content (AvgIpc) is 3.95. The van der Waals surface area contributed by atoms with Gasteiger partial charge in [0.2, 0.25) is 47.3 Å². The lowest BCUT2D eigenvalue weighted by atomic mass is 9.91. The molecule has 3 aliphatic heterocycles. The second-order valence-electron chi connectivity index (χ2n) is 20.6. The zero-order valence-corrected chi connectivity index (χ0v) is 43.1. The van der Waals surface area contributed by atoms with Crippen molar-refractivity contribution in [3.05, 3.63) is 29.8 Å². The van der Waals surface area contributed by atoms with Crippen LogP contribution in [0.5, 0.6) is 5.75 Å². The molecule has 0 saturated carbocycles. The van der Waals surface area contributed by atoms with Crippen LogP contribution in [0.2, 0.25) is 0 Å². The normalized spacial score (nSPS) is 29.0. The molecule has 0 bridgehead atoms. The van der Waals surface area contributed by atoms with Gasteiger partial charge in [-0.3, -0.25) is 38.4 Å². The number of phenols is 1. The number of nitrogens with two attached hydrogens (primary N) is 1. The van der Waals surface area contributed by atoms with Gasteiger partial charge < -0.3 is 88.1 Å². The lowest BCUT2D eigenvalue weighted by Crippen LogP contribution is -2.64. The Balaban J connectivity index is 1.69. The number of hydrogen-bond donors (Lipinski definition) is 15. The fourth-order valence-electron chi connectivity index (χ4n) is 9.79. The van der Waals surface area contributed by atoms with Crippen molar-refractivity contribution in [2.45, 2.75) is 203 Å². The van der Waals surface area contributed by atoms with E-state index in [1.807, 2.05) is 0 Å². The number of hydrogen-bond acceptors (Lipinski definition) is 17. The zero-order valence-electron chi connectivity index (χ0n) is 43.1. The second kappa shape index (κ2) is 29.1. The fourth-order valence-corrected chi connectivity index (χ4v) is 9.79. The molecule has 25 nitrogen and oxygen atoms in total. The fraction of sp³-hybridized carbons (Fsp3) is 0.720. The van der Waals surface area contributed by atoms with Crippen molar-refractivity contribution < 1.29 is 84.3 Å². The van der Waals surface area contributed by atoms with Crippen LogP contribution < -0.4 is 32.3 Å². The number of carbonyl (C=O) groups excluding carboxylic acids is 8. The van der Waals surface area contributed by atoms with Crippen molar-refractivity contribution >= 4 is 47.3 Å². The number of fused-ring (bicyclic) bond motifs is 2. The van der Waals surface area contributed by atoms with E-state index < -0.39 is 165 Å². The number of aliphatic hydroxyl groups is 8. The van der Waals surface area contributed by atoms with E-state index in [-0.39, 0.29) is 24.2 Å². The van der Waals surface area contributed by atoms with Gasteiger partial charge >= 0.3 is 0 Å². The first-order chi connectivity index (χ1) is 35.3. The molecule has 8 amide bonds. The summed E-state index contributed by atoms with van der Waals surface area (Å²) >= 11 is 0. The molecule has 3 aliphatic rings. The standard InChI is InChI=1S/C50H80N8O17/c1-5-25(2)20-26(3)12-10-8-6-7-9-11-13-37(66)52-31-22-35(64)46(71)56-48(73)41-33(62)18-19-57(41)50(75)39(34(63)23-36(51)65)54-47(72)40(43(68)42(67)28-14-16-29(60)17-15-28)55-45(70)32-21-30(61)24-58(32)49(74)38(27(4)59)53-44(31)69/h14-17,25-27,30-35,38-43,46,59-64,67-68,71H,5-13,18-24H2,1-4H3,(H2,51,65)(H,52,66)(H,53,69)(H,54,72)(H,55,70)(H,56,73)/t25?,26?,27-,30-,31+,32+,33+,34-,35-,38+,39+,40+,41?,42+,43+,46-/m1/s1. The summed E-state index contributed by atoms with van der Waals surface area (Å²) in [6, 6.07) is -7.37. The van der Waals surface area contributed by atoms with Crippen LogP contribution in [0.25, 0.3) is 0 Å². The second-order valence-corrected chi connectivity index (χ2v) is 20.6. The summed E-state index contributed by atoms with van der Waals surface area (Å²) in [5.74, 6) is -8.59. The molecule has 422 valence electrons. The monoisotopic (exact) mass is 1060 g/mol. The lowest BCUT2D eigenvalue weighted by Gasteiger charge is -2.34. The van der Waals surface area contributed by atoms with E-state index in [0.29, 0.717) is 29.6 Å². The molecule has 3 saturated heterocycles. The Morgan fingerprint density at radius 2 is 1.32 bits per heavy atom. The van der Waals surface area contributed by atoms with Gasteiger partial charge in [-0.1, -0.05) is 77.8 Å². The summed E-state index contributed by atoms with van der Waals surface area (Å²) in [5, 5.41) is 110. The number of phenolic OH excluding ortho intramolecular Hbond substituents is 1. The van der Waals surface area contributed by atoms with Crippen LogP contribution in [0.1, 0.15) is 129 Å². The maximum Gasteiger partial charge on any atom is 0.248 e. The van der Waals surface area contributed by atoms with Crippen LogP contribution in [0.4, 0.5) is 0 Å². The minimum atomic E-state index is -2.36. The molecule has 3 heterocycles. The van der Waals surface area contributed by atoms with Crippen LogP contribution >= 0.6 is 0 Å². The highest BCUT2D eigenvalue weighted by Crippen LogP contribution is 2.27. The molecular weight excluding hydrogens is 985 g/mol. The Hall–Kier alpha value is -5.54. The van der Waals surface area contributed by atoms with Gasteiger partial charge in [0.05, 0.1) is 30.8 Å². The van der Waals surface area contributed by atoms with E-state index in [2.05, 4.69) is 47.4 Å². The molecule has 4 rings (SSSR count). The Morgan fingerprint density at radius 3 is 1.95 bits per heavy atom. The maximum atomic E-state index is 14.4. The van der Waals surface area contributed by atoms with E-state index in [1.165, 1.54) is 6.42 Å².